The molecule has 0 saturated carbocycles. The minimum absolute atomic E-state index is 0.118. The third-order valence-corrected chi connectivity index (χ3v) is 30.2. The monoisotopic (exact) mass is 1760 g/mol. The molecule has 0 saturated heterocycles. The first-order valence-corrected chi connectivity index (χ1v) is 48.0. The number of furan rings is 1. The van der Waals surface area contributed by atoms with Gasteiger partial charge in [0.25, 0.3) is 0 Å². The number of hydrogen-bond acceptors (Lipinski definition) is 2. The minimum Gasteiger partial charge on any atom is -0.454 e. The molecule has 8 heteroatoms. The predicted molar refractivity (Wildman–Crippen MR) is 579 cm³/mol. The van der Waals surface area contributed by atoms with Gasteiger partial charge < -0.3 is 31.8 Å². The molecular formula is C129H84N6OS. The molecule has 0 fully saturated rings. The first-order valence-electron chi connectivity index (χ1n) is 47.2. The van der Waals surface area contributed by atoms with E-state index in [-0.39, 0.29) is 5.41 Å². The summed E-state index contributed by atoms with van der Waals surface area (Å²) in [5, 5.41) is 20.1. The van der Waals surface area contributed by atoms with Crippen LogP contribution in [0, 0.1) is 0 Å². The van der Waals surface area contributed by atoms with Gasteiger partial charge in [0.05, 0.1) is 66.2 Å². The molecule has 0 radical (unpaired) electrons. The van der Waals surface area contributed by atoms with Crippen molar-refractivity contribution in [2.75, 3.05) is 0 Å². The van der Waals surface area contributed by atoms with Gasteiger partial charge in [-0.1, -0.05) is 293 Å². The molecule has 137 heavy (non-hydrogen) atoms. The van der Waals surface area contributed by atoms with Crippen LogP contribution in [0.15, 0.2) is 478 Å². The highest BCUT2D eigenvalue weighted by Crippen LogP contribution is 2.55. The second-order valence-electron chi connectivity index (χ2n) is 36.9. The van der Waals surface area contributed by atoms with Crippen LogP contribution < -0.4 is 0 Å². The van der Waals surface area contributed by atoms with Gasteiger partial charge in [-0.15, -0.1) is 11.3 Å². The molecule has 0 unspecified atom stereocenters. The summed E-state index contributed by atoms with van der Waals surface area (Å²) in [5.41, 5.74) is 36.1. The maximum Gasteiger partial charge on any atom is 0.160 e. The van der Waals surface area contributed by atoms with E-state index in [0.717, 1.165) is 38.7 Å². The molecule has 0 aliphatic heterocycles. The molecule has 0 N–H and O–H groups in total. The molecule has 8 aromatic heterocycles. The highest BCUT2D eigenvalue weighted by atomic mass is 32.1. The number of aromatic nitrogens is 6. The Bertz CT molecular complexity index is 10000. The fourth-order valence-corrected chi connectivity index (χ4v) is 24.2. The second kappa shape index (κ2) is 30.8. The summed E-state index contributed by atoms with van der Waals surface area (Å²) < 4.78 is 23.6. The van der Waals surface area contributed by atoms with E-state index in [1.54, 1.807) is 0 Å². The predicted octanol–water partition coefficient (Wildman–Crippen LogP) is 35.2. The van der Waals surface area contributed by atoms with Gasteiger partial charge in [-0.05, 0) is 250 Å². The van der Waals surface area contributed by atoms with E-state index in [0.29, 0.717) is 0 Å². The Morgan fingerprint density at radius 3 is 0.971 bits per heavy atom. The van der Waals surface area contributed by atoms with E-state index in [1.165, 1.54) is 224 Å². The minimum atomic E-state index is -0.118. The average Bonchev–Trinajstić information content (AvgIpc) is 1.53. The summed E-state index contributed by atoms with van der Waals surface area (Å²) >= 11 is 1.88. The number of thiophene rings is 1. The summed E-state index contributed by atoms with van der Waals surface area (Å²) in [7, 11) is 0. The smallest absolute Gasteiger partial charge is 0.160 e. The first kappa shape index (κ1) is 78.1. The number of nitrogens with zero attached hydrogens (tertiary/aromatic N) is 6. The quantitative estimate of drug-likeness (QED) is 0.142. The van der Waals surface area contributed by atoms with Gasteiger partial charge in [-0.3, -0.25) is 0 Å². The zero-order valence-corrected chi connectivity index (χ0v) is 75.8. The van der Waals surface area contributed by atoms with Crippen LogP contribution in [0.1, 0.15) is 25.0 Å². The normalized spacial score (nSPS) is 12.5. The van der Waals surface area contributed by atoms with Crippen LogP contribution >= 0.6 is 11.3 Å². The summed E-state index contributed by atoms with van der Waals surface area (Å²) in [4.78, 5) is 0. The number of rotatable bonds is 9. The van der Waals surface area contributed by atoms with Crippen LogP contribution in [0.3, 0.4) is 0 Å². The Hall–Kier alpha value is -17.6. The number of fused-ring (bicyclic) bond motifs is 30. The molecule has 0 amide bonds. The van der Waals surface area contributed by atoms with Crippen molar-refractivity contribution in [1.29, 1.82) is 0 Å². The lowest BCUT2D eigenvalue weighted by Crippen LogP contribution is -2.16. The van der Waals surface area contributed by atoms with E-state index >= 15 is 0 Å². The van der Waals surface area contributed by atoms with Crippen molar-refractivity contribution >= 4 is 184 Å². The van der Waals surface area contributed by atoms with E-state index in [2.05, 4.69) is 508 Å². The van der Waals surface area contributed by atoms with Crippen molar-refractivity contribution in [2.45, 2.75) is 19.3 Å². The third-order valence-electron chi connectivity index (χ3n) is 29.1. The Balaban J connectivity index is 0.000000102. The summed E-state index contributed by atoms with van der Waals surface area (Å²) in [6.45, 7) is 4.77. The highest BCUT2D eigenvalue weighted by Gasteiger charge is 2.39. The number of hydrogen-bond donors (Lipinski definition) is 0. The standard InChI is InChI=1S/C45H32N2.C42H26N2O.C42H26N2S/c1-45(2)39-19-11-9-17-33(39)35-23-24-36-38-28-30(22-26-42(38)47(44(36)43(35)45)32-15-7-4-8-16-32)29-21-25-41-37(27-29)34-18-10-12-20-40(34)46(41)31-13-5-3-6-14-31;1-3-11-29(12-4-1)43-37-17-9-7-15-31(37)35-25-27(19-23-38(35)43)28-20-24-39-36(26-28)33-21-22-34-32-16-8-10-18-40(32)45-42(34)41(33)44(39)30-13-5-2-6-14-30;1-3-11-29(12-4-1)43-35-17-9-7-15-31(35)33-25-27(19-21-36(33)43)28-20-22-37-34(26-28)41-38(44(37)30-13-5-2-6-14-30)23-24-40-42(41)32-16-8-10-18-39(32)45-40/h3-28H,1-2H3;2*1-26H. The van der Waals surface area contributed by atoms with Crippen LogP contribution in [0.2, 0.25) is 0 Å². The van der Waals surface area contributed by atoms with Gasteiger partial charge in [-0.2, -0.15) is 0 Å². The molecule has 8 heterocycles. The highest BCUT2D eigenvalue weighted by molar-refractivity contribution is 7.26. The lowest BCUT2D eigenvalue weighted by atomic mass is 9.81. The molecule has 0 atom stereocenters. The van der Waals surface area contributed by atoms with E-state index < -0.39 is 0 Å². The number of benzene rings is 21. The summed E-state index contributed by atoms with van der Waals surface area (Å²) in [6, 6.07) is 172. The van der Waals surface area contributed by atoms with Gasteiger partial charge in [0.15, 0.2) is 5.58 Å². The number of para-hydroxylation sites is 10. The molecule has 7 nitrogen and oxygen atoms in total. The Morgan fingerprint density at radius 2 is 0.511 bits per heavy atom. The van der Waals surface area contributed by atoms with Gasteiger partial charge in [-0.25, -0.2) is 0 Å². The van der Waals surface area contributed by atoms with Crippen molar-refractivity contribution in [2.24, 2.45) is 0 Å². The SMILES string of the molecule is CC1(C)c2ccccc2-c2ccc3c4cc(-c5ccc6c(c5)c5ccccc5n6-c5ccccc5)ccc4n(-c4ccccc4)c3c21.c1ccc(-n2c3ccccc3c3cc(-c4ccc5c(c4)c4c6c(ccc4n5-c4ccccc4)sc4ccccc46)ccc32)cc1.c1ccc(-n2c3ccccc3c3cc(-c4ccc5c(c4)c4ccc6c7ccccc7oc6c4n5-c4ccccc4)ccc32)cc1. The molecule has 0 bridgehead atoms. The van der Waals surface area contributed by atoms with Gasteiger partial charge in [0.2, 0.25) is 0 Å². The Kier molecular flexibility index (Phi) is 17.5. The molecule has 0 spiro atoms. The zero-order valence-electron chi connectivity index (χ0n) is 75.0. The lowest BCUT2D eigenvalue weighted by Gasteiger charge is -2.23. The molecule has 21 aromatic carbocycles. The summed E-state index contributed by atoms with van der Waals surface area (Å²) in [5.74, 6) is 0. The lowest BCUT2D eigenvalue weighted by molar-refractivity contribution is 0.664. The summed E-state index contributed by atoms with van der Waals surface area (Å²) in [6.07, 6.45) is 0. The van der Waals surface area contributed by atoms with Gasteiger partial charge >= 0.3 is 0 Å². The maximum atomic E-state index is 6.58. The molecular weight excluding hydrogens is 1680 g/mol. The topological polar surface area (TPSA) is 42.7 Å². The van der Waals surface area contributed by atoms with E-state index in [4.69, 9.17) is 4.42 Å². The molecule has 642 valence electrons. The second-order valence-corrected chi connectivity index (χ2v) is 38.0. The van der Waals surface area contributed by atoms with Crippen LogP contribution in [0.5, 0.6) is 0 Å². The third kappa shape index (κ3) is 12.0. The van der Waals surface area contributed by atoms with Crippen LogP contribution in [-0.4, -0.2) is 27.4 Å². The van der Waals surface area contributed by atoms with E-state index in [1.807, 2.05) is 17.4 Å². The van der Waals surface area contributed by atoms with Gasteiger partial charge in [0.1, 0.15) is 5.58 Å². The van der Waals surface area contributed by atoms with Crippen molar-refractivity contribution in [1.82, 2.24) is 27.4 Å². The van der Waals surface area contributed by atoms with Gasteiger partial charge in [0, 0.05) is 135 Å². The fourth-order valence-electron chi connectivity index (χ4n) is 23.1. The zero-order chi connectivity index (χ0) is 90.2. The Labute approximate surface area is 792 Å². The molecule has 30 rings (SSSR count). The fraction of sp³-hybridized carbons (Fsp3) is 0.0233. The maximum absolute atomic E-state index is 6.58. The van der Waals surface area contributed by atoms with Crippen molar-refractivity contribution in [3.8, 4) is 78.6 Å². The van der Waals surface area contributed by atoms with Crippen molar-refractivity contribution in [3.05, 3.63) is 484 Å². The van der Waals surface area contributed by atoms with Crippen molar-refractivity contribution < 1.29 is 4.42 Å². The first-order chi connectivity index (χ1) is 67.8. The van der Waals surface area contributed by atoms with E-state index in [9.17, 15) is 0 Å². The van der Waals surface area contributed by atoms with Crippen LogP contribution in [0.4, 0.5) is 0 Å². The largest absolute Gasteiger partial charge is 0.454 e. The molecule has 29 aromatic rings. The van der Waals surface area contributed by atoms with Crippen LogP contribution in [-0.2, 0) is 5.41 Å². The van der Waals surface area contributed by atoms with Crippen LogP contribution in [0.25, 0.3) is 252 Å². The average molecular weight is 1770 g/mol. The molecule has 1 aliphatic rings. The Morgan fingerprint density at radius 1 is 0.197 bits per heavy atom. The van der Waals surface area contributed by atoms with Crippen molar-refractivity contribution in [3.63, 3.8) is 0 Å². The molecule has 1 aliphatic carbocycles.